The van der Waals surface area contributed by atoms with Gasteiger partial charge in [0.2, 0.25) is 0 Å². The minimum Gasteiger partial charge on any atom is -0.373 e. The molecule has 0 aliphatic heterocycles. The molecule has 0 aliphatic rings. The predicted octanol–water partition coefficient (Wildman–Crippen LogP) is 3.40. The van der Waals surface area contributed by atoms with Crippen molar-refractivity contribution >= 4 is 0 Å². The number of hydrogen-bond donors (Lipinski definition) is 0. The third kappa shape index (κ3) is 8.52. The minimum absolute atomic E-state index is 0.00397. The highest BCUT2D eigenvalue weighted by atomic mass is 16.5. The summed E-state index contributed by atoms with van der Waals surface area (Å²) in [5.41, 5.74) is -0.0613. The standard InChI is InChI=1S/C12H26O2/c1-7-8-12(5,6)14-10-9-13-11(2,3)4/h7-10H2,1-6H3. The lowest BCUT2D eigenvalue weighted by atomic mass is 10.0. The highest BCUT2D eigenvalue weighted by Gasteiger charge is 2.17. The van der Waals surface area contributed by atoms with E-state index in [-0.39, 0.29) is 11.2 Å². The van der Waals surface area contributed by atoms with Gasteiger partial charge in [-0.1, -0.05) is 13.3 Å². The molecule has 0 radical (unpaired) electrons. The van der Waals surface area contributed by atoms with Crippen molar-refractivity contribution < 1.29 is 9.47 Å². The number of ether oxygens (including phenoxy) is 2. The van der Waals surface area contributed by atoms with Gasteiger partial charge in [-0.15, -0.1) is 0 Å². The molecule has 0 heterocycles. The highest BCUT2D eigenvalue weighted by molar-refractivity contribution is 4.67. The lowest BCUT2D eigenvalue weighted by Gasteiger charge is -2.26. The van der Waals surface area contributed by atoms with Gasteiger partial charge in [-0.05, 0) is 41.0 Å². The summed E-state index contributed by atoms with van der Waals surface area (Å²) >= 11 is 0. The predicted molar refractivity (Wildman–Crippen MR) is 60.6 cm³/mol. The van der Waals surface area contributed by atoms with Crippen LogP contribution in [0.15, 0.2) is 0 Å². The van der Waals surface area contributed by atoms with E-state index in [4.69, 9.17) is 9.47 Å². The maximum absolute atomic E-state index is 5.74. The van der Waals surface area contributed by atoms with E-state index < -0.39 is 0 Å². The van der Waals surface area contributed by atoms with Crippen LogP contribution in [0.2, 0.25) is 0 Å². The number of hydrogen-bond acceptors (Lipinski definition) is 2. The zero-order valence-corrected chi connectivity index (χ0v) is 10.6. The van der Waals surface area contributed by atoms with Crippen LogP contribution in [0.25, 0.3) is 0 Å². The first-order valence-electron chi connectivity index (χ1n) is 5.55. The maximum Gasteiger partial charge on any atom is 0.0708 e. The average molecular weight is 202 g/mol. The first kappa shape index (κ1) is 13.9. The van der Waals surface area contributed by atoms with E-state index in [1.165, 1.54) is 0 Å². The molecule has 0 spiro atoms. The monoisotopic (exact) mass is 202 g/mol. The molecule has 0 saturated carbocycles. The molecular formula is C12H26O2. The van der Waals surface area contributed by atoms with E-state index in [0.29, 0.717) is 13.2 Å². The van der Waals surface area contributed by atoms with E-state index in [0.717, 1.165) is 12.8 Å². The van der Waals surface area contributed by atoms with Crippen LogP contribution in [0.5, 0.6) is 0 Å². The summed E-state index contributed by atoms with van der Waals surface area (Å²) < 4.78 is 11.3. The third-order valence-corrected chi connectivity index (χ3v) is 1.96. The van der Waals surface area contributed by atoms with Crippen LogP contribution in [0.1, 0.15) is 54.4 Å². The molecule has 0 rings (SSSR count). The Hall–Kier alpha value is -0.0800. The van der Waals surface area contributed by atoms with Crippen molar-refractivity contribution in [1.29, 1.82) is 0 Å². The molecule has 2 nitrogen and oxygen atoms in total. The Labute approximate surface area is 89.0 Å². The van der Waals surface area contributed by atoms with Gasteiger partial charge < -0.3 is 9.47 Å². The van der Waals surface area contributed by atoms with Gasteiger partial charge in [0.1, 0.15) is 0 Å². The molecule has 0 atom stereocenters. The van der Waals surface area contributed by atoms with Crippen LogP contribution in [0.4, 0.5) is 0 Å². The Balaban J connectivity index is 3.54. The van der Waals surface area contributed by atoms with Crippen molar-refractivity contribution in [2.24, 2.45) is 0 Å². The Kier molecular flexibility index (Phi) is 5.68. The van der Waals surface area contributed by atoms with Crippen LogP contribution in [-0.2, 0) is 9.47 Å². The average Bonchev–Trinajstić information content (AvgIpc) is 1.96. The van der Waals surface area contributed by atoms with Crippen molar-refractivity contribution in [3.05, 3.63) is 0 Å². The first-order valence-corrected chi connectivity index (χ1v) is 5.55. The van der Waals surface area contributed by atoms with Crippen LogP contribution < -0.4 is 0 Å². The molecule has 14 heavy (non-hydrogen) atoms. The van der Waals surface area contributed by atoms with Gasteiger partial charge in [0.05, 0.1) is 24.4 Å². The number of rotatable bonds is 6. The van der Waals surface area contributed by atoms with Gasteiger partial charge in [0.15, 0.2) is 0 Å². The Morgan fingerprint density at radius 3 is 1.79 bits per heavy atom. The van der Waals surface area contributed by atoms with E-state index >= 15 is 0 Å². The molecule has 0 aromatic heterocycles. The molecular weight excluding hydrogens is 176 g/mol. The lowest BCUT2D eigenvalue weighted by molar-refractivity contribution is -0.0810. The van der Waals surface area contributed by atoms with Gasteiger partial charge in [-0.25, -0.2) is 0 Å². The normalized spacial score (nSPS) is 13.3. The van der Waals surface area contributed by atoms with Crippen LogP contribution in [0.3, 0.4) is 0 Å². The smallest absolute Gasteiger partial charge is 0.0708 e. The molecule has 0 amide bonds. The van der Waals surface area contributed by atoms with E-state index in [1.54, 1.807) is 0 Å². The van der Waals surface area contributed by atoms with Gasteiger partial charge in [-0.2, -0.15) is 0 Å². The molecule has 0 N–H and O–H groups in total. The second-order valence-electron chi connectivity index (χ2n) is 5.32. The third-order valence-electron chi connectivity index (χ3n) is 1.96. The summed E-state index contributed by atoms with van der Waals surface area (Å²) in [6.45, 7) is 14.0. The molecule has 2 heteroatoms. The van der Waals surface area contributed by atoms with Gasteiger partial charge >= 0.3 is 0 Å². The molecule has 0 aromatic carbocycles. The molecule has 0 fully saturated rings. The second kappa shape index (κ2) is 5.72. The van der Waals surface area contributed by atoms with Gasteiger partial charge in [-0.3, -0.25) is 0 Å². The van der Waals surface area contributed by atoms with E-state index in [9.17, 15) is 0 Å². The zero-order chi connectivity index (χ0) is 11.2. The van der Waals surface area contributed by atoms with Crippen LogP contribution in [-0.4, -0.2) is 24.4 Å². The Morgan fingerprint density at radius 2 is 1.36 bits per heavy atom. The fourth-order valence-corrected chi connectivity index (χ4v) is 1.34. The Morgan fingerprint density at radius 1 is 0.857 bits per heavy atom. The quantitative estimate of drug-likeness (QED) is 0.615. The summed E-state index contributed by atoms with van der Waals surface area (Å²) in [7, 11) is 0. The van der Waals surface area contributed by atoms with Crippen LogP contribution >= 0.6 is 0 Å². The molecule has 0 aromatic rings. The summed E-state index contributed by atoms with van der Waals surface area (Å²) in [6, 6.07) is 0. The summed E-state index contributed by atoms with van der Waals surface area (Å²) in [6.07, 6.45) is 2.26. The maximum atomic E-state index is 5.74. The van der Waals surface area contributed by atoms with Crippen molar-refractivity contribution in [1.82, 2.24) is 0 Å². The summed E-state index contributed by atoms with van der Waals surface area (Å²) in [5, 5.41) is 0. The highest BCUT2D eigenvalue weighted by Crippen LogP contribution is 2.16. The minimum atomic E-state index is -0.0573. The molecule has 0 saturated heterocycles. The van der Waals surface area contributed by atoms with Crippen molar-refractivity contribution in [2.75, 3.05) is 13.2 Å². The Bertz CT molecular complexity index is 145. The SMILES string of the molecule is CCCC(C)(C)OCCOC(C)(C)C. The molecule has 0 unspecified atom stereocenters. The van der Waals surface area contributed by atoms with Gasteiger partial charge in [0.25, 0.3) is 0 Å². The molecule has 0 bridgehead atoms. The largest absolute Gasteiger partial charge is 0.373 e. The topological polar surface area (TPSA) is 18.5 Å². The van der Waals surface area contributed by atoms with Crippen molar-refractivity contribution in [3.8, 4) is 0 Å². The summed E-state index contributed by atoms with van der Waals surface area (Å²) in [4.78, 5) is 0. The van der Waals surface area contributed by atoms with Crippen LogP contribution in [0, 0.1) is 0 Å². The lowest BCUT2D eigenvalue weighted by Crippen LogP contribution is -2.28. The van der Waals surface area contributed by atoms with E-state index in [1.807, 2.05) is 0 Å². The molecule has 0 aliphatic carbocycles. The van der Waals surface area contributed by atoms with E-state index in [2.05, 4.69) is 41.5 Å². The first-order chi connectivity index (χ1) is 6.27. The summed E-state index contributed by atoms with van der Waals surface area (Å²) in [5.74, 6) is 0. The van der Waals surface area contributed by atoms with Crippen molar-refractivity contribution in [3.63, 3.8) is 0 Å². The second-order valence-corrected chi connectivity index (χ2v) is 5.32. The van der Waals surface area contributed by atoms with Gasteiger partial charge in [0, 0.05) is 0 Å². The fraction of sp³-hybridized carbons (Fsp3) is 1.00. The zero-order valence-electron chi connectivity index (χ0n) is 10.6. The van der Waals surface area contributed by atoms with Crippen molar-refractivity contribution in [2.45, 2.75) is 65.6 Å². The molecule has 86 valence electrons. The fourth-order valence-electron chi connectivity index (χ4n) is 1.34.